The molecule has 3 N–H and O–H groups in total. The van der Waals surface area contributed by atoms with Gasteiger partial charge in [-0.15, -0.1) is 0 Å². The number of carbonyl (C=O) groups is 3. The van der Waals surface area contributed by atoms with Crippen LogP contribution in [0.25, 0.3) is 0 Å². The first kappa shape index (κ1) is 13.0. The van der Waals surface area contributed by atoms with E-state index >= 15 is 0 Å². The third-order valence-electron chi connectivity index (χ3n) is 2.47. The van der Waals surface area contributed by atoms with Crippen LogP contribution in [-0.4, -0.2) is 35.0 Å². The molecular weight excluding hydrogens is 226 g/mol. The second-order valence-corrected chi connectivity index (χ2v) is 3.75. The largest absolute Gasteiger partial charge is 0.480 e. The molecule has 0 saturated carbocycles. The Balaban J connectivity index is 2.49. The summed E-state index contributed by atoms with van der Waals surface area (Å²) in [7, 11) is 0. The fraction of sp³-hybridized carbons (Fsp3) is 0.600. The molecule has 7 nitrogen and oxygen atoms in total. The average Bonchev–Trinajstić information content (AvgIpc) is 2.70. The van der Waals surface area contributed by atoms with Gasteiger partial charge < -0.3 is 15.7 Å². The van der Waals surface area contributed by atoms with Crippen molar-refractivity contribution in [3.8, 4) is 6.07 Å². The van der Waals surface area contributed by atoms with Gasteiger partial charge in [0.25, 0.3) is 0 Å². The number of nitrogens with one attached hydrogen (secondary N) is 2. The average molecular weight is 239 g/mol. The second kappa shape index (κ2) is 5.84. The maximum absolute atomic E-state index is 11.6. The van der Waals surface area contributed by atoms with E-state index in [1.807, 2.05) is 6.07 Å². The van der Waals surface area contributed by atoms with Gasteiger partial charge in [0.2, 0.25) is 11.8 Å². The molecule has 0 aromatic carbocycles. The summed E-state index contributed by atoms with van der Waals surface area (Å²) in [5, 5.41) is 22.0. The van der Waals surface area contributed by atoms with Gasteiger partial charge in [-0.2, -0.15) is 5.26 Å². The molecule has 1 saturated heterocycles. The highest BCUT2D eigenvalue weighted by molar-refractivity contribution is 5.92. The molecule has 0 radical (unpaired) electrons. The van der Waals surface area contributed by atoms with Crippen molar-refractivity contribution in [3.05, 3.63) is 0 Å². The minimum atomic E-state index is -1.18. The predicted octanol–water partition coefficient (Wildman–Crippen LogP) is -0.862. The zero-order valence-corrected chi connectivity index (χ0v) is 9.10. The van der Waals surface area contributed by atoms with Crippen LogP contribution in [0.15, 0.2) is 0 Å². The molecule has 1 rings (SSSR count). The minimum absolute atomic E-state index is 0.0499. The van der Waals surface area contributed by atoms with E-state index < -0.39 is 24.0 Å². The second-order valence-electron chi connectivity index (χ2n) is 3.75. The van der Waals surface area contributed by atoms with E-state index in [4.69, 9.17) is 10.4 Å². The van der Waals surface area contributed by atoms with E-state index in [9.17, 15) is 14.4 Å². The van der Waals surface area contributed by atoms with Crippen LogP contribution in [0.3, 0.4) is 0 Å². The van der Waals surface area contributed by atoms with E-state index in [-0.39, 0.29) is 25.2 Å². The van der Waals surface area contributed by atoms with Crippen LogP contribution in [0.4, 0.5) is 0 Å². The maximum atomic E-state index is 11.6. The number of nitrogens with zero attached hydrogens (tertiary/aromatic N) is 1. The number of amides is 2. The predicted molar refractivity (Wildman–Crippen MR) is 55.6 cm³/mol. The summed E-state index contributed by atoms with van der Waals surface area (Å²) in [6.07, 6.45) is 0.746. The van der Waals surface area contributed by atoms with Crippen molar-refractivity contribution >= 4 is 17.8 Å². The topological polar surface area (TPSA) is 119 Å². The number of hydrogen-bond acceptors (Lipinski definition) is 4. The molecule has 0 bridgehead atoms. The van der Waals surface area contributed by atoms with Crippen molar-refractivity contribution in [2.24, 2.45) is 0 Å². The van der Waals surface area contributed by atoms with Gasteiger partial charge >= 0.3 is 5.97 Å². The van der Waals surface area contributed by atoms with Gasteiger partial charge in [0.1, 0.15) is 12.1 Å². The first-order chi connectivity index (χ1) is 8.04. The Morgan fingerprint density at radius 3 is 2.82 bits per heavy atom. The Kier molecular flexibility index (Phi) is 4.46. The van der Waals surface area contributed by atoms with Crippen LogP contribution in [-0.2, 0) is 14.4 Å². The maximum Gasteiger partial charge on any atom is 0.326 e. The first-order valence-corrected chi connectivity index (χ1v) is 5.24. The van der Waals surface area contributed by atoms with E-state index in [2.05, 4.69) is 10.6 Å². The summed E-state index contributed by atoms with van der Waals surface area (Å²) in [4.78, 5) is 33.3. The first-order valence-electron chi connectivity index (χ1n) is 5.24. The summed E-state index contributed by atoms with van der Waals surface area (Å²) in [5.41, 5.74) is 0. The van der Waals surface area contributed by atoms with E-state index in [0.717, 1.165) is 0 Å². The molecule has 0 unspecified atom stereocenters. The quantitative estimate of drug-likeness (QED) is 0.576. The standard InChI is InChI=1S/C10H13N3O4/c11-5-1-2-7(10(16)17)13-9(15)6-3-4-8(14)12-6/h6-7H,1-4H2,(H,12,14)(H,13,15)(H,16,17)/t6-,7+/m1/s1. The summed E-state index contributed by atoms with van der Waals surface area (Å²) in [6, 6.07) is 0.0742. The lowest BCUT2D eigenvalue weighted by Crippen LogP contribution is -2.48. The smallest absolute Gasteiger partial charge is 0.326 e. The van der Waals surface area contributed by atoms with Crippen LogP contribution in [0.1, 0.15) is 25.7 Å². The monoisotopic (exact) mass is 239 g/mol. The molecule has 2 amide bonds. The number of aliphatic carboxylic acids is 1. The summed E-state index contributed by atoms with van der Waals surface area (Å²) in [6.45, 7) is 0. The number of hydrogen-bond donors (Lipinski definition) is 3. The van der Waals surface area contributed by atoms with Crippen LogP contribution >= 0.6 is 0 Å². The summed E-state index contributed by atoms with van der Waals surface area (Å²) in [5.74, 6) is -1.91. The van der Waals surface area contributed by atoms with Crippen LogP contribution in [0.5, 0.6) is 0 Å². The van der Waals surface area contributed by atoms with E-state index in [1.54, 1.807) is 0 Å². The zero-order valence-electron chi connectivity index (χ0n) is 9.10. The lowest BCUT2D eigenvalue weighted by Gasteiger charge is -2.16. The SMILES string of the molecule is N#CCC[C@H](NC(=O)[C@H]1CCC(=O)N1)C(=O)O. The molecule has 7 heteroatoms. The fourth-order valence-electron chi connectivity index (χ4n) is 1.55. The highest BCUT2D eigenvalue weighted by Gasteiger charge is 2.30. The minimum Gasteiger partial charge on any atom is -0.480 e. The van der Waals surface area contributed by atoms with Gasteiger partial charge in [0, 0.05) is 12.8 Å². The Morgan fingerprint density at radius 1 is 1.65 bits per heavy atom. The van der Waals surface area contributed by atoms with Crippen molar-refractivity contribution in [3.63, 3.8) is 0 Å². The molecule has 1 aliphatic heterocycles. The highest BCUT2D eigenvalue weighted by atomic mass is 16.4. The Hall–Kier alpha value is -2.10. The van der Waals surface area contributed by atoms with Crippen molar-refractivity contribution in [2.45, 2.75) is 37.8 Å². The molecule has 0 aromatic rings. The summed E-state index contributed by atoms with van der Waals surface area (Å²) < 4.78 is 0. The molecule has 0 aliphatic carbocycles. The van der Waals surface area contributed by atoms with Crippen LogP contribution in [0.2, 0.25) is 0 Å². The van der Waals surface area contributed by atoms with Crippen molar-refractivity contribution in [1.29, 1.82) is 5.26 Å². The third-order valence-corrected chi connectivity index (χ3v) is 2.47. The molecular formula is C10H13N3O4. The Bertz CT molecular complexity index is 374. The number of nitriles is 1. The molecule has 1 aliphatic rings. The van der Waals surface area contributed by atoms with Crippen molar-refractivity contribution in [2.75, 3.05) is 0 Å². The van der Waals surface area contributed by atoms with Crippen LogP contribution < -0.4 is 10.6 Å². The van der Waals surface area contributed by atoms with E-state index in [1.165, 1.54) is 0 Å². The van der Waals surface area contributed by atoms with Gasteiger partial charge in [-0.3, -0.25) is 9.59 Å². The van der Waals surface area contributed by atoms with Gasteiger partial charge in [-0.1, -0.05) is 0 Å². The normalized spacial score (nSPS) is 20.2. The van der Waals surface area contributed by atoms with E-state index in [0.29, 0.717) is 6.42 Å². The number of rotatable bonds is 5. The molecule has 0 spiro atoms. The fourth-order valence-corrected chi connectivity index (χ4v) is 1.55. The molecule has 2 atom stereocenters. The van der Waals surface area contributed by atoms with Gasteiger partial charge in [0.05, 0.1) is 6.07 Å². The number of carbonyl (C=O) groups excluding carboxylic acids is 2. The van der Waals surface area contributed by atoms with Crippen LogP contribution in [0, 0.1) is 11.3 Å². The third kappa shape index (κ3) is 3.75. The van der Waals surface area contributed by atoms with Gasteiger partial charge in [0.15, 0.2) is 0 Å². The molecule has 1 heterocycles. The molecule has 92 valence electrons. The highest BCUT2D eigenvalue weighted by Crippen LogP contribution is 2.07. The lowest BCUT2D eigenvalue weighted by molar-refractivity contribution is -0.142. The van der Waals surface area contributed by atoms with Crippen molar-refractivity contribution < 1.29 is 19.5 Å². The number of carboxylic acid groups (broad SMARTS) is 1. The lowest BCUT2D eigenvalue weighted by atomic mass is 10.1. The molecule has 0 aromatic heterocycles. The van der Waals surface area contributed by atoms with Gasteiger partial charge in [-0.25, -0.2) is 4.79 Å². The zero-order chi connectivity index (χ0) is 12.8. The Labute approximate surface area is 97.8 Å². The van der Waals surface area contributed by atoms with Crippen molar-refractivity contribution in [1.82, 2.24) is 10.6 Å². The summed E-state index contributed by atoms with van der Waals surface area (Å²) >= 11 is 0. The molecule has 17 heavy (non-hydrogen) atoms. The Morgan fingerprint density at radius 2 is 2.35 bits per heavy atom. The number of carboxylic acids is 1. The van der Waals surface area contributed by atoms with Gasteiger partial charge in [-0.05, 0) is 12.8 Å². The molecule has 1 fully saturated rings.